The first-order chi connectivity index (χ1) is 11.5. The van der Waals surface area contributed by atoms with E-state index in [9.17, 15) is 0 Å². The number of benzene rings is 1. The van der Waals surface area contributed by atoms with Crippen LogP contribution in [0.1, 0.15) is 19.4 Å². The van der Waals surface area contributed by atoms with Gasteiger partial charge in [-0.2, -0.15) is 4.98 Å². The van der Waals surface area contributed by atoms with Crippen molar-refractivity contribution < 1.29 is 9.26 Å². The average molecular weight is 342 g/mol. The minimum atomic E-state index is 0.0567. The van der Waals surface area contributed by atoms with Crippen molar-refractivity contribution in [1.82, 2.24) is 15.1 Å². The number of ether oxygens (including phenoxy) is 1. The molecule has 0 spiro atoms. The monoisotopic (exact) mass is 341 g/mol. The maximum Gasteiger partial charge on any atom is 0.258 e. The van der Waals surface area contributed by atoms with Crippen molar-refractivity contribution in [3.05, 3.63) is 41.0 Å². The molecule has 3 rings (SSSR count). The predicted octanol–water partition coefficient (Wildman–Crippen LogP) is 2.81. The van der Waals surface area contributed by atoms with Gasteiger partial charge in [0.15, 0.2) is 7.85 Å². The van der Waals surface area contributed by atoms with Gasteiger partial charge < -0.3 is 9.26 Å². The summed E-state index contributed by atoms with van der Waals surface area (Å²) in [7, 11) is 1.95. The summed E-state index contributed by atoms with van der Waals surface area (Å²) in [4.78, 5) is 8.74. The maximum atomic E-state index is 6.27. The Morgan fingerprint density at radius 3 is 2.75 bits per heavy atom. The van der Waals surface area contributed by atoms with Gasteiger partial charge in [-0.1, -0.05) is 16.8 Å². The third kappa shape index (κ3) is 3.29. The van der Waals surface area contributed by atoms with Crippen molar-refractivity contribution in [3.8, 4) is 28.6 Å². The fourth-order valence-electron chi connectivity index (χ4n) is 2.32. The Morgan fingerprint density at radius 1 is 1.25 bits per heavy atom. The zero-order valence-electron chi connectivity index (χ0n) is 14.0. The van der Waals surface area contributed by atoms with E-state index >= 15 is 0 Å². The van der Waals surface area contributed by atoms with Crippen LogP contribution in [0.15, 0.2) is 35.0 Å². The van der Waals surface area contributed by atoms with Crippen LogP contribution in [0.2, 0.25) is 5.02 Å². The van der Waals surface area contributed by atoms with Crippen LogP contribution in [0.3, 0.4) is 0 Å². The van der Waals surface area contributed by atoms with E-state index in [2.05, 4.69) is 15.1 Å². The summed E-state index contributed by atoms with van der Waals surface area (Å²) in [6.45, 7) is 5.89. The van der Waals surface area contributed by atoms with Crippen LogP contribution in [0.25, 0.3) is 22.8 Å². The van der Waals surface area contributed by atoms with Gasteiger partial charge in [0.1, 0.15) is 5.75 Å². The Bertz CT molecular complexity index is 880. The van der Waals surface area contributed by atoms with Crippen LogP contribution < -0.4 is 10.3 Å². The number of halogens is 1. The van der Waals surface area contributed by atoms with E-state index in [0.717, 1.165) is 22.3 Å². The van der Waals surface area contributed by atoms with Gasteiger partial charge in [0.05, 0.1) is 11.1 Å². The van der Waals surface area contributed by atoms with Crippen molar-refractivity contribution in [1.29, 1.82) is 0 Å². The molecule has 0 atom stereocenters. The molecule has 0 aliphatic carbocycles. The summed E-state index contributed by atoms with van der Waals surface area (Å²) < 4.78 is 11.0. The molecular formula is C17H17BClN3O2. The molecular weight excluding hydrogens is 324 g/mol. The largest absolute Gasteiger partial charge is 0.489 e. The Morgan fingerprint density at radius 2 is 2.04 bits per heavy atom. The van der Waals surface area contributed by atoms with Crippen LogP contribution in [0, 0.1) is 6.92 Å². The molecule has 24 heavy (non-hydrogen) atoms. The minimum Gasteiger partial charge on any atom is -0.489 e. The zero-order valence-corrected chi connectivity index (χ0v) is 14.8. The Hall–Kier alpha value is -2.34. The van der Waals surface area contributed by atoms with Gasteiger partial charge in [-0.25, -0.2) is 0 Å². The normalized spacial score (nSPS) is 11.0. The quantitative estimate of drug-likeness (QED) is 0.683. The molecule has 0 unspecified atom stereocenters. The smallest absolute Gasteiger partial charge is 0.258 e. The van der Waals surface area contributed by atoms with Crippen molar-refractivity contribution in [3.63, 3.8) is 0 Å². The fraction of sp³-hybridized carbons (Fsp3) is 0.235. The van der Waals surface area contributed by atoms with Crippen LogP contribution in [-0.4, -0.2) is 29.1 Å². The SMILES string of the molecule is Bc1nccc(-c2noc(-c3ccc(OC(C)C)c(Cl)c3)n2)c1C. The van der Waals surface area contributed by atoms with E-state index in [4.69, 9.17) is 20.9 Å². The molecule has 5 nitrogen and oxygen atoms in total. The number of hydrogen-bond donors (Lipinski definition) is 0. The first-order valence-electron chi connectivity index (χ1n) is 7.68. The molecule has 0 bridgehead atoms. The molecule has 2 aromatic heterocycles. The van der Waals surface area contributed by atoms with Crippen molar-refractivity contribution >= 4 is 25.0 Å². The highest BCUT2D eigenvalue weighted by atomic mass is 35.5. The standard InChI is InChI=1S/C17H17BClN3O2/c1-9(2)23-14-5-4-11(8-13(14)19)17-21-16(22-24-17)12-6-7-20-15(18)10(12)3/h4-9H,18H2,1-3H3. The lowest BCUT2D eigenvalue weighted by atomic mass is 9.95. The second kappa shape index (κ2) is 6.65. The third-order valence-electron chi connectivity index (χ3n) is 3.66. The topological polar surface area (TPSA) is 61.0 Å². The zero-order chi connectivity index (χ0) is 17.3. The first-order valence-corrected chi connectivity index (χ1v) is 8.06. The Balaban J connectivity index is 1.93. The molecule has 0 saturated heterocycles. The Labute approximate surface area is 146 Å². The van der Waals surface area contributed by atoms with Crippen LogP contribution in [-0.2, 0) is 0 Å². The van der Waals surface area contributed by atoms with Gasteiger partial charge in [-0.05, 0) is 56.2 Å². The summed E-state index contributed by atoms with van der Waals surface area (Å²) in [6, 6.07) is 7.31. The highest BCUT2D eigenvalue weighted by Crippen LogP contribution is 2.31. The third-order valence-corrected chi connectivity index (χ3v) is 3.96. The summed E-state index contributed by atoms with van der Waals surface area (Å²) in [5.41, 5.74) is 3.63. The molecule has 0 N–H and O–H groups in total. The lowest BCUT2D eigenvalue weighted by Crippen LogP contribution is -2.12. The molecule has 3 aromatic rings. The molecule has 0 fully saturated rings. The summed E-state index contributed by atoms with van der Waals surface area (Å²) in [6.07, 6.45) is 1.80. The van der Waals surface area contributed by atoms with E-state index in [1.54, 1.807) is 12.3 Å². The van der Waals surface area contributed by atoms with Crippen LogP contribution in [0.5, 0.6) is 5.75 Å². The molecule has 0 aliphatic rings. The maximum absolute atomic E-state index is 6.27. The fourth-order valence-corrected chi connectivity index (χ4v) is 2.54. The van der Waals surface area contributed by atoms with Gasteiger partial charge in [0, 0.05) is 17.3 Å². The predicted molar refractivity (Wildman–Crippen MR) is 96.7 cm³/mol. The number of nitrogens with zero attached hydrogens (tertiary/aromatic N) is 3. The van der Waals surface area contributed by atoms with Crippen LogP contribution in [0.4, 0.5) is 0 Å². The molecule has 0 saturated carbocycles. The van der Waals surface area contributed by atoms with E-state index in [0.29, 0.717) is 22.5 Å². The van der Waals surface area contributed by atoms with Crippen molar-refractivity contribution in [2.45, 2.75) is 26.9 Å². The molecule has 0 radical (unpaired) electrons. The van der Waals surface area contributed by atoms with Gasteiger partial charge in [-0.15, -0.1) is 0 Å². The molecule has 2 heterocycles. The molecule has 1 aromatic carbocycles. The second-order valence-electron chi connectivity index (χ2n) is 5.80. The van der Waals surface area contributed by atoms with Crippen molar-refractivity contribution in [2.75, 3.05) is 0 Å². The van der Waals surface area contributed by atoms with Gasteiger partial charge in [0.2, 0.25) is 5.82 Å². The average Bonchev–Trinajstić information content (AvgIpc) is 3.01. The lowest BCUT2D eigenvalue weighted by Gasteiger charge is -2.11. The molecule has 7 heteroatoms. The Kier molecular flexibility index (Phi) is 4.58. The summed E-state index contributed by atoms with van der Waals surface area (Å²) in [5, 5.41) is 4.59. The lowest BCUT2D eigenvalue weighted by molar-refractivity contribution is 0.242. The van der Waals surface area contributed by atoms with Gasteiger partial charge in [-0.3, -0.25) is 4.98 Å². The number of aromatic nitrogens is 3. The second-order valence-corrected chi connectivity index (χ2v) is 6.21. The highest BCUT2D eigenvalue weighted by Gasteiger charge is 2.15. The van der Waals surface area contributed by atoms with E-state index < -0.39 is 0 Å². The molecule has 0 amide bonds. The number of pyridine rings is 1. The minimum absolute atomic E-state index is 0.0567. The van der Waals surface area contributed by atoms with Crippen LogP contribution >= 0.6 is 11.6 Å². The number of hydrogen-bond acceptors (Lipinski definition) is 5. The summed E-state index contributed by atoms with van der Waals surface area (Å²) >= 11 is 6.27. The summed E-state index contributed by atoms with van der Waals surface area (Å²) in [5.74, 6) is 1.58. The number of rotatable bonds is 4. The molecule has 0 aliphatic heterocycles. The van der Waals surface area contributed by atoms with Gasteiger partial charge >= 0.3 is 0 Å². The van der Waals surface area contributed by atoms with E-state index in [1.165, 1.54) is 0 Å². The van der Waals surface area contributed by atoms with Crippen molar-refractivity contribution in [2.24, 2.45) is 0 Å². The first kappa shape index (κ1) is 16.5. The van der Waals surface area contributed by atoms with Gasteiger partial charge in [0.25, 0.3) is 5.89 Å². The van der Waals surface area contributed by atoms with E-state index in [-0.39, 0.29) is 6.10 Å². The highest BCUT2D eigenvalue weighted by molar-refractivity contribution is 6.32. The molecule has 122 valence electrons. The van der Waals surface area contributed by atoms with E-state index in [1.807, 2.05) is 46.8 Å².